The molecule has 1 fully saturated rings. The Balaban J connectivity index is 1.19. The first-order valence-electron chi connectivity index (χ1n) is 11.0. The van der Waals surface area contributed by atoms with E-state index in [4.69, 9.17) is 4.74 Å². The number of nitrogens with one attached hydrogen (secondary N) is 1. The second-order valence-corrected chi connectivity index (χ2v) is 8.50. The monoisotopic (exact) mass is 416 g/mol. The first-order valence-corrected chi connectivity index (χ1v) is 11.0. The number of rotatable bonds is 5. The SMILES string of the molecule is Cc1nccn1-c1ccc(NC(=O)C2CCCN(Cc3ccc4c(c3)CCO4)C2)cc1. The Morgan fingerprint density at radius 2 is 2.10 bits per heavy atom. The van der Waals surface area contributed by atoms with Gasteiger partial charge in [-0.15, -0.1) is 0 Å². The van der Waals surface area contributed by atoms with Gasteiger partial charge in [-0.25, -0.2) is 4.98 Å². The first-order chi connectivity index (χ1) is 15.2. The molecule has 3 aromatic rings. The summed E-state index contributed by atoms with van der Waals surface area (Å²) < 4.78 is 7.64. The van der Waals surface area contributed by atoms with Gasteiger partial charge in [-0.3, -0.25) is 9.69 Å². The highest BCUT2D eigenvalue weighted by molar-refractivity contribution is 5.92. The van der Waals surface area contributed by atoms with Gasteiger partial charge in [0.1, 0.15) is 11.6 Å². The molecule has 0 radical (unpaired) electrons. The summed E-state index contributed by atoms with van der Waals surface area (Å²) in [5.41, 5.74) is 4.48. The minimum atomic E-state index is 0.0158. The van der Waals surface area contributed by atoms with E-state index in [2.05, 4.69) is 33.4 Å². The number of aromatic nitrogens is 2. The van der Waals surface area contributed by atoms with Gasteiger partial charge in [0.25, 0.3) is 0 Å². The predicted octanol–water partition coefficient (Wildman–Crippen LogP) is 3.97. The molecule has 160 valence electrons. The molecule has 1 amide bonds. The lowest BCUT2D eigenvalue weighted by Crippen LogP contribution is -2.40. The molecule has 6 nitrogen and oxygen atoms in total. The number of benzene rings is 2. The fourth-order valence-electron chi connectivity index (χ4n) is 4.61. The van der Waals surface area contributed by atoms with E-state index in [1.807, 2.05) is 42.0 Å². The van der Waals surface area contributed by atoms with Crippen LogP contribution in [0.15, 0.2) is 54.9 Å². The average Bonchev–Trinajstić information content (AvgIpc) is 3.43. The topological polar surface area (TPSA) is 59.4 Å². The van der Waals surface area contributed by atoms with Crippen LogP contribution in [-0.2, 0) is 17.8 Å². The normalized spacial score (nSPS) is 18.4. The minimum Gasteiger partial charge on any atom is -0.493 e. The molecule has 1 aromatic heterocycles. The second-order valence-electron chi connectivity index (χ2n) is 8.50. The smallest absolute Gasteiger partial charge is 0.228 e. The Kier molecular flexibility index (Phi) is 5.47. The van der Waals surface area contributed by atoms with Crippen LogP contribution in [0.3, 0.4) is 0 Å². The summed E-state index contributed by atoms with van der Waals surface area (Å²) in [5.74, 6) is 2.09. The molecule has 31 heavy (non-hydrogen) atoms. The molecule has 1 atom stereocenters. The van der Waals surface area contributed by atoms with Crippen LogP contribution in [0.1, 0.15) is 29.8 Å². The molecule has 3 heterocycles. The van der Waals surface area contributed by atoms with Gasteiger partial charge in [-0.2, -0.15) is 0 Å². The lowest BCUT2D eigenvalue weighted by molar-refractivity contribution is -0.121. The first kappa shape index (κ1) is 19.8. The quantitative estimate of drug-likeness (QED) is 0.684. The maximum atomic E-state index is 12.9. The zero-order chi connectivity index (χ0) is 21.2. The van der Waals surface area contributed by atoms with E-state index in [9.17, 15) is 4.79 Å². The van der Waals surface area contributed by atoms with Crippen LogP contribution < -0.4 is 10.1 Å². The molecule has 0 spiro atoms. The van der Waals surface area contributed by atoms with Gasteiger partial charge in [0.15, 0.2) is 0 Å². The summed E-state index contributed by atoms with van der Waals surface area (Å²) in [6.07, 6.45) is 6.70. The molecule has 2 aromatic carbocycles. The Bertz CT molecular complexity index is 1070. The van der Waals surface area contributed by atoms with E-state index < -0.39 is 0 Å². The maximum absolute atomic E-state index is 12.9. The van der Waals surface area contributed by atoms with Crippen LogP contribution >= 0.6 is 0 Å². The largest absolute Gasteiger partial charge is 0.493 e. The molecule has 0 bridgehead atoms. The Hall–Kier alpha value is -3.12. The summed E-state index contributed by atoms with van der Waals surface area (Å²) in [7, 11) is 0. The number of likely N-dealkylation sites (tertiary alicyclic amines) is 1. The molecule has 1 unspecified atom stereocenters. The summed E-state index contributed by atoms with van der Waals surface area (Å²) in [4.78, 5) is 19.6. The number of imidazole rings is 1. The predicted molar refractivity (Wildman–Crippen MR) is 121 cm³/mol. The number of anilines is 1. The molecule has 0 saturated carbocycles. The Morgan fingerprint density at radius 3 is 2.90 bits per heavy atom. The molecular weight excluding hydrogens is 388 g/mol. The second kappa shape index (κ2) is 8.55. The lowest BCUT2D eigenvalue weighted by Gasteiger charge is -2.32. The van der Waals surface area contributed by atoms with Crippen LogP contribution in [0.25, 0.3) is 5.69 Å². The van der Waals surface area contributed by atoms with Crippen LogP contribution in [-0.4, -0.2) is 40.1 Å². The standard InChI is InChI=1S/C25H28N4O2/c1-18-26-11-13-29(18)23-7-5-22(6-8-23)27-25(30)21-3-2-12-28(17-21)16-19-4-9-24-20(15-19)10-14-31-24/h4-9,11,13,15,21H,2-3,10,12,14,16-17H2,1H3,(H,27,30). The molecular formula is C25H28N4O2. The minimum absolute atomic E-state index is 0.0158. The van der Waals surface area contributed by atoms with Crippen LogP contribution in [0, 0.1) is 12.8 Å². The van der Waals surface area contributed by atoms with Gasteiger partial charge in [-0.05, 0) is 67.8 Å². The van der Waals surface area contributed by atoms with Crippen molar-refractivity contribution >= 4 is 11.6 Å². The third-order valence-corrected chi connectivity index (χ3v) is 6.28. The molecule has 1 N–H and O–H groups in total. The Labute approximate surface area is 182 Å². The molecule has 2 aliphatic rings. The van der Waals surface area contributed by atoms with Gasteiger partial charge in [-0.1, -0.05) is 12.1 Å². The van der Waals surface area contributed by atoms with Crippen molar-refractivity contribution in [3.63, 3.8) is 0 Å². The average molecular weight is 417 g/mol. The van der Waals surface area contributed by atoms with Gasteiger partial charge >= 0.3 is 0 Å². The van der Waals surface area contributed by atoms with E-state index in [1.165, 1.54) is 11.1 Å². The zero-order valence-electron chi connectivity index (χ0n) is 17.9. The molecule has 5 rings (SSSR count). The summed E-state index contributed by atoms with van der Waals surface area (Å²) in [6, 6.07) is 14.4. The van der Waals surface area contributed by atoms with Gasteiger partial charge in [0, 0.05) is 43.3 Å². The fourth-order valence-corrected chi connectivity index (χ4v) is 4.61. The van der Waals surface area contributed by atoms with Crippen molar-refractivity contribution in [1.82, 2.24) is 14.5 Å². The summed E-state index contributed by atoms with van der Waals surface area (Å²) in [6.45, 7) is 5.48. The zero-order valence-corrected chi connectivity index (χ0v) is 17.9. The van der Waals surface area contributed by atoms with E-state index in [0.717, 1.165) is 68.5 Å². The number of carbonyl (C=O) groups is 1. The molecule has 2 aliphatic heterocycles. The van der Waals surface area contributed by atoms with Crippen LogP contribution in [0.5, 0.6) is 5.75 Å². The number of nitrogens with zero attached hydrogens (tertiary/aromatic N) is 3. The number of piperidine rings is 1. The highest BCUT2D eigenvalue weighted by atomic mass is 16.5. The van der Waals surface area contributed by atoms with E-state index in [1.54, 1.807) is 6.20 Å². The van der Waals surface area contributed by atoms with Crippen LogP contribution in [0.2, 0.25) is 0 Å². The van der Waals surface area contributed by atoms with Crippen molar-refractivity contribution in [3.8, 4) is 11.4 Å². The van der Waals surface area contributed by atoms with Crippen LogP contribution in [0.4, 0.5) is 5.69 Å². The fraction of sp³-hybridized carbons (Fsp3) is 0.360. The van der Waals surface area contributed by atoms with Gasteiger partial charge in [0.05, 0.1) is 12.5 Å². The van der Waals surface area contributed by atoms with Crippen molar-refractivity contribution in [2.75, 3.05) is 25.0 Å². The number of carbonyl (C=O) groups excluding carboxylic acids is 1. The van der Waals surface area contributed by atoms with Crippen molar-refractivity contribution in [1.29, 1.82) is 0 Å². The highest BCUT2D eigenvalue weighted by Gasteiger charge is 2.26. The molecule has 6 heteroatoms. The molecule has 0 aliphatic carbocycles. The number of ether oxygens (including phenoxy) is 1. The number of aryl methyl sites for hydroxylation is 1. The van der Waals surface area contributed by atoms with E-state index >= 15 is 0 Å². The Morgan fingerprint density at radius 1 is 1.23 bits per heavy atom. The third kappa shape index (κ3) is 4.35. The number of hydrogen-bond acceptors (Lipinski definition) is 4. The van der Waals surface area contributed by atoms with Crippen molar-refractivity contribution in [3.05, 3.63) is 71.8 Å². The highest BCUT2D eigenvalue weighted by Crippen LogP contribution is 2.27. The van der Waals surface area contributed by atoms with Gasteiger partial charge < -0.3 is 14.6 Å². The van der Waals surface area contributed by atoms with Crippen molar-refractivity contribution in [2.45, 2.75) is 32.7 Å². The summed E-state index contributed by atoms with van der Waals surface area (Å²) in [5, 5.41) is 3.11. The maximum Gasteiger partial charge on any atom is 0.228 e. The summed E-state index contributed by atoms with van der Waals surface area (Å²) >= 11 is 0. The third-order valence-electron chi connectivity index (χ3n) is 6.28. The van der Waals surface area contributed by atoms with Crippen molar-refractivity contribution in [2.24, 2.45) is 5.92 Å². The number of amides is 1. The van der Waals surface area contributed by atoms with Crippen molar-refractivity contribution < 1.29 is 9.53 Å². The lowest BCUT2D eigenvalue weighted by atomic mass is 9.96. The van der Waals surface area contributed by atoms with E-state index in [0.29, 0.717) is 0 Å². The van der Waals surface area contributed by atoms with E-state index in [-0.39, 0.29) is 11.8 Å². The molecule has 1 saturated heterocycles. The number of fused-ring (bicyclic) bond motifs is 1. The van der Waals surface area contributed by atoms with Gasteiger partial charge in [0.2, 0.25) is 5.91 Å². The number of hydrogen-bond donors (Lipinski definition) is 1.